The van der Waals surface area contributed by atoms with Crippen LogP contribution < -0.4 is 0 Å². The van der Waals surface area contributed by atoms with Gasteiger partial charge in [0.25, 0.3) is 0 Å². The van der Waals surface area contributed by atoms with Gasteiger partial charge in [-0.1, -0.05) is 77.2 Å². The number of tetrazole rings is 2. The molecule has 30 heteroatoms. The Kier molecular flexibility index (Phi) is 28.0. The zero-order valence-corrected chi connectivity index (χ0v) is 40.5. The molecule has 0 unspecified atom stereocenters. The van der Waals surface area contributed by atoms with Crippen molar-refractivity contribution in [2.24, 2.45) is 0 Å². The average Bonchev–Trinajstić information content (AvgIpc) is 4.34. The van der Waals surface area contributed by atoms with Crippen LogP contribution >= 0.6 is 0 Å². The van der Waals surface area contributed by atoms with Crippen molar-refractivity contribution in [2.45, 2.75) is 0 Å². The topological polar surface area (TPSA) is 419 Å². The second kappa shape index (κ2) is 38.6. The summed E-state index contributed by atoms with van der Waals surface area (Å²) < 4.78 is 0. The van der Waals surface area contributed by atoms with E-state index in [4.69, 9.17) is 0 Å². The van der Waals surface area contributed by atoms with Gasteiger partial charge in [0.15, 0.2) is 18.3 Å². The van der Waals surface area contributed by atoms with Crippen molar-refractivity contribution in [3.63, 3.8) is 0 Å². The Balaban J connectivity index is 0.000000156. The predicted octanol–water partition coefficient (Wildman–Crippen LogP) is 5.97. The standard InChI is InChI=1S/2C8H7N.C7H6N2.C5H4N4.C5H5N.2C3H4N2.3C2H3N3.2CH2N4/c1-2-4-8-6-9-5-7(8)3-1;1-2-4-8-7(3-1)5-6-9-8;1-2-4-7-6(3-1)5-8-9-7;1-4-5(8-2-6-1)9-3-7-4;1-2-4-6-5-3-1;1-2-5-3-4-1;1-2-4-5-3-1;2*1-3-2-5-4-1;3*1-2-4-5-3-1/h2*1-6,9H;1-5H,(H,8,9);1-3H,(H,6,7,8,9);1-5H;2*1-3H,(H,4,5);3*1-2H,(H,3,4,5);2*1H,(H,2,3,4,5). The number of hydrogen-bond acceptors (Lipinski definition) is 19. The molecular formula is C47H50N30. The van der Waals surface area contributed by atoms with E-state index < -0.39 is 0 Å². The number of benzene rings is 3. The number of para-hydroxylation sites is 2. The summed E-state index contributed by atoms with van der Waals surface area (Å²) >= 11 is 0. The molecule has 16 rings (SSSR count). The highest BCUT2D eigenvalue weighted by Crippen LogP contribution is 2.11. The molecule has 13 aromatic heterocycles. The number of aromatic amines is 11. The molecule has 0 aliphatic rings. The van der Waals surface area contributed by atoms with Crippen LogP contribution in [-0.4, -0.2) is 152 Å². The van der Waals surface area contributed by atoms with Gasteiger partial charge in [-0.2, -0.15) is 46.2 Å². The smallest absolute Gasteiger partial charge is 0.180 e. The van der Waals surface area contributed by atoms with Crippen molar-refractivity contribution in [3.05, 3.63) is 241 Å². The van der Waals surface area contributed by atoms with E-state index in [0.29, 0.717) is 5.65 Å². The quantitative estimate of drug-likeness (QED) is 0.0833. The van der Waals surface area contributed by atoms with Crippen LogP contribution in [0.1, 0.15) is 0 Å². The predicted molar refractivity (Wildman–Crippen MR) is 283 cm³/mol. The Labute approximate surface area is 435 Å². The Morgan fingerprint density at radius 1 is 0.325 bits per heavy atom. The van der Waals surface area contributed by atoms with Crippen LogP contribution in [0.15, 0.2) is 241 Å². The van der Waals surface area contributed by atoms with Gasteiger partial charge in [0.05, 0.1) is 43.0 Å². The van der Waals surface area contributed by atoms with Gasteiger partial charge >= 0.3 is 0 Å². The Bertz CT molecular complexity index is 2760. The summed E-state index contributed by atoms with van der Waals surface area (Å²) in [6, 6.07) is 34.1. The summed E-state index contributed by atoms with van der Waals surface area (Å²) in [7, 11) is 0. The third kappa shape index (κ3) is 26.1. The molecule has 0 spiro atoms. The number of rotatable bonds is 0. The summed E-state index contributed by atoms with van der Waals surface area (Å²) in [4.78, 5) is 38.0. The van der Waals surface area contributed by atoms with Gasteiger partial charge in [-0.15, -0.1) is 20.4 Å². The Morgan fingerprint density at radius 3 is 1.42 bits per heavy atom. The van der Waals surface area contributed by atoms with Crippen molar-refractivity contribution >= 4 is 43.7 Å². The number of imidazole rings is 2. The van der Waals surface area contributed by atoms with Gasteiger partial charge < -0.3 is 19.9 Å². The van der Waals surface area contributed by atoms with Crippen LogP contribution in [0.2, 0.25) is 0 Å². The van der Waals surface area contributed by atoms with Crippen molar-refractivity contribution < 1.29 is 0 Å². The second-order valence-electron chi connectivity index (χ2n) is 13.4. The number of aromatic nitrogens is 30. The zero-order chi connectivity index (χ0) is 53.4. The number of H-pyrrole nitrogens is 11. The molecule has 388 valence electrons. The lowest BCUT2D eigenvalue weighted by atomic mass is 10.2. The Hall–Kier alpha value is -12.1. The van der Waals surface area contributed by atoms with Crippen LogP contribution in [-0.2, 0) is 0 Å². The Morgan fingerprint density at radius 2 is 1.00 bits per heavy atom. The molecule has 0 radical (unpaired) electrons. The molecule has 16 aromatic rings. The van der Waals surface area contributed by atoms with E-state index in [1.165, 1.54) is 66.0 Å². The van der Waals surface area contributed by atoms with Gasteiger partial charge in [0.2, 0.25) is 0 Å². The van der Waals surface area contributed by atoms with E-state index in [9.17, 15) is 0 Å². The number of hydrogen-bond donors (Lipinski definition) is 11. The molecule has 77 heavy (non-hydrogen) atoms. The third-order valence-corrected chi connectivity index (χ3v) is 8.29. The van der Waals surface area contributed by atoms with E-state index >= 15 is 0 Å². The highest BCUT2D eigenvalue weighted by molar-refractivity contribution is 5.81. The lowest BCUT2D eigenvalue weighted by Gasteiger charge is -1.83. The first-order chi connectivity index (χ1) is 38.4. The van der Waals surface area contributed by atoms with Crippen LogP contribution in [0.5, 0.6) is 0 Å². The number of pyridine rings is 1. The molecule has 13 heterocycles. The molecule has 0 bridgehead atoms. The first-order valence-corrected chi connectivity index (χ1v) is 22.3. The molecule has 0 amide bonds. The van der Waals surface area contributed by atoms with Crippen molar-refractivity contribution in [1.29, 1.82) is 0 Å². The van der Waals surface area contributed by atoms with Gasteiger partial charge in [0, 0.05) is 66.7 Å². The monoisotopic (exact) mass is 1030 g/mol. The largest absolute Gasteiger partial charge is 0.366 e. The van der Waals surface area contributed by atoms with Crippen LogP contribution in [0.4, 0.5) is 0 Å². The zero-order valence-electron chi connectivity index (χ0n) is 40.5. The van der Waals surface area contributed by atoms with E-state index in [1.54, 1.807) is 68.4 Å². The summed E-state index contributed by atoms with van der Waals surface area (Å²) in [5.74, 6) is 0. The van der Waals surface area contributed by atoms with E-state index in [1.807, 2.05) is 97.6 Å². The normalized spacial score (nSPS) is 9.04. The number of fused-ring (bicyclic) bond motifs is 4. The minimum Gasteiger partial charge on any atom is -0.366 e. The highest BCUT2D eigenvalue weighted by atomic mass is 15.5. The molecule has 0 aliphatic heterocycles. The summed E-state index contributed by atoms with van der Waals surface area (Å²) in [5.41, 5.74) is 3.89. The molecule has 30 nitrogen and oxygen atoms in total. The van der Waals surface area contributed by atoms with Crippen molar-refractivity contribution in [1.82, 2.24) is 152 Å². The molecule has 0 saturated heterocycles. The van der Waals surface area contributed by atoms with Crippen molar-refractivity contribution in [3.8, 4) is 0 Å². The van der Waals surface area contributed by atoms with E-state index in [0.717, 1.165) is 16.4 Å². The molecule has 0 saturated carbocycles. The van der Waals surface area contributed by atoms with E-state index in [-0.39, 0.29) is 0 Å². The highest BCUT2D eigenvalue weighted by Gasteiger charge is 1.92. The maximum Gasteiger partial charge on any atom is 0.180 e. The van der Waals surface area contributed by atoms with Gasteiger partial charge in [-0.25, -0.2) is 29.9 Å². The molecular weight excluding hydrogens is 985 g/mol. The molecule has 3 aromatic carbocycles. The summed E-state index contributed by atoms with van der Waals surface area (Å²) in [5, 5.41) is 63.6. The molecule has 0 fully saturated rings. The molecule has 0 atom stereocenters. The first-order valence-electron chi connectivity index (χ1n) is 22.3. The third-order valence-electron chi connectivity index (χ3n) is 8.29. The fourth-order valence-corrected chi connectivity index (χ4v) is 5.06. The van der Waals surface area contributed by atoms with Crippen molar-refractivity contribution in [2.75, 3.05) is 0 Å². The second-order valence-corrected chi connectivity index (χ2v) is 13.4. The van der Waals surface area contributed by atoms with Gasteiger partial charge in [-0.3, -0.25) is 25.4 Å². The minimum atomic E-state index is 0.713. The summed E-state index contributed by atoms with van der Waals surface area (Å²) in [6.45, 7) is 0. The van der Waals surface area contributed by atoms with Gasteiger partial charge in [-0.05, 0) is 52.6 Å². The van der Waals surface area contributed by atoms with Gasteiger partial charge in [0.1, 0.15) is 37.2 Å². The SMILES string of the molecule is c1c[nH]cn1.c1ccc2[nH]ccc2c1.c1ccc2[nH]ncc2c1.c1ccc2c[nH]cc2c1.c1ccncc1.c1cn[nH]c1.c1cn[nH]n1.c1nc[nH]n1.c1nc[nH]n1.c1ncc2[nH]cnc2n1.c1nn[nH]n1.c1nn[nH]n1. The maximum absolute atomic E-state index is 3.91. The lowest BCUT2D eigenvalue weighted by molar-refractivity contribution is 0.881. The van der Waals surface area contributed by atoms with E-state index in [2.05, 4.69) is 183 Å². The fraction of sp³-hybridized carbons (Fsp3) is 0. The molecule has 0 aliphatic carbocycles. The first kappa shape index (κ1) is 55.8. The van der Waals surface area contributed by atoms with Crippen LogP contribution in [0.25, 0.3) is 43.7 Å². The lowest BCUT2D eigenvalue weighted by Crippen LogP contribution is -1.76. The minimum absolute atomic E-state index is 0.713. The maximum atomic E-state index is 3.91. The summed E-state index contributed by atoms with van der Waals surface area (Å²) in [6.07, 6.45) is 36.3. The number of nitrogens with zero attached hydrogens (tertiary/aromatic N) is 19. The fourth-order valence-electron chi connectivity index (χ4n) is 5.06. The molecule has 11 N–H and O–H groups in total. The average molecular weight is 1040 g/mol. The number of nitrogens with one attached hydrogen (secondary N) is 11. The van der Waals surface area contributed by atoms with Crippen LogP contribution in [0.3, 0.4) is 0 Å². The van der Waals surface area contributed by atoms with Crippen LogP contribution in [0, 0.1) is 0 Å².